The van der Waals surface area contributed by atoms with Gasteiger partial charge in [0.05, 0.1) is 11.5 Å². The summed E-state index contributed by atoms with van der Waals surface area (Å²) in [4.78, 5) is 10.3. The van der Waals surface area contributed by atoms with Gasteiger partial charge < -0.3 is 9.84 Å². The third-order valence-corrected chi connectivity index (χ3v) is 4.08. The van der Waals surface area contributed by atoms with Gasteiger partial charge in [0, 0.05) is 10.1 Å². The van der Waals surface area contributed by atoms with Crippen LogP contribution >= 0.6 is 22.6 Å². The van der Waals surface area contributed by atoms with Gasteiger partial charge in [0.25, 0.3) is 0 Å². The van der Waals surface area contributed by atoms with Crippen LogP contribution in [0.1, 0.15) is 0 Å². The van der Waals surface area contributed by atoms with E-state index in [-0.39, 0.29) is 18.0 Å². The zero-order valence-electron chi connectivity index (χ0n) is 9.30. The Hall–Kier alpha value is -0.710. The molecule has 0 amide bonds. The number of nitrogens with one attached hydrogen (secondary N) is 1. The number of aliphatic carboxylic acids is 1. The van der Waals surface area contributed by atoms with Crippen LogP contribution in [0.25, 0.3) is 0 Å². The number of hydrogen-bond donors (Lipinski definition) is 2. The van der Waals surface area contributed by atoms with Gasteiger partial charge in [-0.25, -0.2) is 17.9 Å². The lowest BCUT2D eigenvalue weighted by atomic mass is 10.4. The molecule has 0 bridgehead atoms. The van der Waals surface area contributed by atoms with Crippen LogP contribution in [0.3, 0.4) is 0 Å². The van der Waals surface area contributed by atoms with Gasteiger partial charge in [-0.15, -0.1) is 0 Å². The minimum atomic E-state index is -3.56. The molecule has 0 aliphatic heterocycles. The quantitative estimate of drug-likeness (QED) is 0.532. The lowest BCUT2D eigenvalue weighted by molar-refractivity contribution is -0.142. The van der Waals surface area contributed by atoms with Crippen LogP contribution < -0.4 is 4.72 Å². The van der Waals surface area contributed by atoms with Crippen molar-refractivity contribution in [2.75, 3.05) is 19.8 Å². The van der Waals surface area contributed by atoms with Crippen molar-refractivity contribution in [3.05, 3.63) is 27.8 Å². The highest BCUT2D eigenvalue weighted by atomic mass is 127. The molecular formula is C10H12INO5S. The number of carbonyl (C=O) groups is 1. The van der Waals surface area contributed by atoms with Crippen LogP contribution in [0.2, 0.25) is 0 Å². The van der Waals surface area contributed by atoms with E-state index in [9.17, 15) is 13.2 Å². The molecular weight excluding hydrogens is 373 g/mol. The Balaban J connectivity index is 2.45. The van der Waals surface area contributed by atoms with Crippen molar-refractivity contribution in [3.63, 3.8) is 0 Å². The van der Waals surface area contributed by atoms with Crippen molar-refractivity contribution in [1.29, 1.82) is 0 Å². The number of rotatable bonds is 7. The highest BCUT2D eigenvalue weighted by Crippen LogP contribution is 2.11. The van der Waals surface area contributed by atoms with Crippen molar-refractivity contribution in [3.8, 4) is 0 Å². The van der Waals surface area contributed by atoms with E-state index in [1.807, 2.05) is 0 Å². The van der Waals surface area contributed by atoms with E-state index in [0.29, 0.717) is 0 Å². The smallest absolute Gasteiger partial charge is 0.329 e. The van der Waals surface area contributed by atoms with E-state index in [1.165, 1.54) is 12.1 Å². The molecule has 0 aliphatic rings. The number of hydrogen-bond acceptors (Lipinski definition) is 4. The topological polar surface area (TPSA) is 92.7 Å². The van der Waals surface area contributed by atoms with Crippen LogP contribution in [0, 0.1) is 3.57 Å². The Morgan fingerprint density at radius 1 is 1.33 bits per heavy atom. The second kappa shape index (κ2) is 7.02. The summed E-state index contributed by atoms with van der Waals surface area (Å²) in [6, 6.07) is 6.39. The van der Waals surface area contributed by atoms with E-state index in [4.69, 9.17) is 9.84 Å². The number of benzene rings is 1. The van der Waals surface area contributed by atoms with Crippen LogP contribution in [-0.2, 0) is 19.6 Å². The van der Waals surface area contributed by atoms with Gasteiger partial charge in [-0.05, 0) is 46.9 Å². The summed E-state index contributed by atoms with van der Waals surface area (Å²) in [7, 11) is -3.56. The molecule has 0 atom stereocenters. The summed E-state index contributed by atoms with van der Waals surface area (Å²) >= 11 is 2.08. The summed E-state index contributed by atoms with van der Waals surface area (Å²) in [5.74, 6) is -1.09. The monoisotopic (exact) mass is 385 g/mol. The number of sulfonamides is 1. The second-order valence-corrected chi connectivity index (χ2v) is 6.31. The molecule has 0 saturated heterocycles. The Morgan fingerprint density at radius 2 is 1.94 bits per heavy atom. The predicted molar refractivity (Wildman–Crippen MR) is 72.8 cm³/mol. The fraction of sp³-hybridized carbons (Fsp3) is 0.300. The molecule has 1 aromatic carbocycles. The molecule has 2 N–H and O–H groups in total. The average molecular weight is 385 g/mol. The Kier molecular flexibility index (Phi) is 5.99. The zero-order valence-corrected chi connectivity index (χ0v) is 12.3. The van der Waals surface area contributed by atoms with Crippen LogP contribution in [0.4, 0.5) is 0 Å². The van der Waals surface area contributed by atoms with E-state index < -0.39 is 22.6 Å². The van der Waals surface area contributed by atoms with Gasteiger partial charge in [0.2, 0.25) is 10.0 Å². The Morgan fingerprint density at radius 3 is 2.50 bits per heavy atom. The van der Waals surface area contributed by atoms with E-state index in [2.05, 4.69) is 27.3 Å². The molecule has 0 aliphatic carbocycles. The molecule has 8 heteroatoms. The third-order valence-electron chi connectivity index (χ3n) is 1.89. The Bertz CT molecular complexity index is 500. The normalized spacial score (nSPS) is 11.4. The summed E-state index contributed by atoms with van der Waals surface area (Å²) in [5, 5.41) is 8.31. The van der Waals surface area contributed by atoms with Gasteiger partial charge in [-0.1, -0.05) is 0 Å². The predicted octanol–water partition coefficient (Wildman–Crippen LogP) is 0.671. The molecule has 1 aromatic rings. The number of carboxylic acid groups (broad SMARTS) is 1. The summed E-state index contributed by atoms with van der Waals surface area (Å²) in [6.45, 7) is -0.400. The molecule has 18 heavy (non-hydrogen) atoms. The molecule has 6 nitrogen and oxygen atoms in total. The average Bonchev–Trinajstić information content (AvgIpc) is 2.28. The van der Waals surface area contributed by atoms with Gasteiger partial charge >= 0.3 is 5.97 Å². The fourth-order valence-electron chi connectivity index (χ4n) is 1.10. The first kappa shape index (κ1) is 15.3. The lowest BCUT2D eigenvalue weighted by Gasteiger charge is -2.06. The summed E-state index contributed by atoms with van der Waals surface area (Å²) < 4.78 is 31.5. The van der Waals surface area contributed by atoms with Crippen LogP contribution in [0.15, 0.2) is 29.2 Å². The molecule has 1 rings (SSSR count). The van der Waals surface area contributed by atoms with Crippen molar-refractivity contribution >= 4 is 38.6 Å². The first-order valence-electron chi connectivity index (χ1n) is 4.96. The largest absolute Gasteiger partial charge is 0.480 e. The second-order valence-electron chi connectivity index (χ2n) is 3.30. The van der Waals surface area contributed by atoms with Gasteiger partial charge in [0.1, 0.15) is 6.61 Å². The number of ether oxygens (including phenoxy) is 1. The van der Waals surface area contributed by atoms with Crippen LogP contribution in [0.5, 0.6) is 0 Å². The molecule has 0 spiro atoms. The summed E-state index contributed by atoms with van der Waals surface area (Å²) in [5.41, 5.74) is 0. The molecule has 0 radical (unpaired) electrons. The zero-order chi connectivity index (χ0) is 13.6. The van der Waals surface area contributed by atoms with E-state index in [0.717, 1.165) is 3.57 Å². The van der Waals surface area contributed by atoms with Gasteiger partial charge in [0.15, 0.2) is 0 Å². The van der Waals surface area contributed by atoms with Crippen molar-refractivity contribution in [1.82, 2.24) is 4.72 Å². The minimum Gasteiger partial charge on any atom is -0.480 e. The summed E-state index contributed by atoms with van der Waals surface area (Å²) in [6.07, 6.45) is 0. The van der Waals surface area contributed by atoms with Gasteiger partial charge in [-0.2, -0.15) is 0 Å². The molecule has 0 unspecified atom stereocenters. The highest BCUT2D eigenvalue weighted by Gasteiger charge is 2.12. The minimum absolute atomic E-state index is 0.00982. The first-order valence-corrected chi connectivity index (χ1v) is 7.53. The standard InChI is InChI=1S/C10H12INO5S/c11-8-1-3-9(4-2-8)18(15,16)12-5-6-17-7-10(13)14/h1-4,12H,5-7H2,(H,13,14). The molecule has 0 aromatic heterocycles. The van der Waals surface area contributed by atoms with Crippen molar-refractivity contribution in [2.45, 2.75) is 4.90 Å². The molecule has 100 valence electrons. The Labute approximate surface area is 119 Å². The SMILES string of the molecule is O=C(O)COCCNS(=O)(=O)c1ccc(I)cc1. The van der Waals surface area contributed by atoms with E-state index in [1.54, 1.807) is 12.1 Å². The molecule has 0 heterocycles. The maximum atomic E-state index is 11.8. The van der Waals surface area contributed by atoms with Crippen LogP contribution in [-0.4, -0.2) is 39.3 Å². The maximum Gasteiger partial charge on any atom is 0.329 e. The first-order chi connectivity index (χ1) is 8.42. The van der Waals surface area contributed by atoms with Gasteiger partial charge in [-0.3, -0.25) is 0 Å². The molecule has 0 fully saturated rings. The third kappa shape index (κ3) is 5.29. The maximum absolute atomic E-state index is 11.8. The highest BCUT2D eigenvalue weighted by molar-refractivity contribution is 14.1. The number of halogens is 1. The van der Waals surface area contributed by atoms with Crippen molar-refractivity contribution < 1.29 is 23.1 Å². The lowest BCUT2D eigenvalue weighted by Crippen LogP contribution is -2.28. The fourth-order valence-corrected chi connectivity index (χ4v) is 2.48. The van der Waals surface area contributed by atoms with E-state index >= 15 is 0 Å². The number of carboxylic acids is 1. The molecule has 0 saturated carbocycles. The van der Waals surface area contributed by atoms with Crippen molar-refractivity contribution in [2.24, 2.45) is 0 Å².